The van der Waals surface area contributed by atoms with Gasteiger partial charge >= 0.3 is 0 Å². The van der Waals surface area contributed by atoms with Crippen molar-refractivity contribution in [3.05, 3.63) is 21.4 Å². The molecular weight excluding hydrogens is 344 g/mol. The van der Waals surface area contributed by atoms with Crippen molar-refractivity contribution >= 4 is 40.9 Å². The van der Waals surface area contributed by atoms with Gasteiger partial charge in [-0.1, -0.05) is 5.57 Å². The molecule has 1 aromatic heterocycles. The second kappa shape index (κ2) is 7.84. The number of aliphatic imine (C=N–C) groups is 1. The van der Waals surface area contributed by atoms with E-state index in [-0.39, 0.29) is 5.91 Å². The molecule has 0 radical (unpaired) electrons. The van der Waals surface area contributed by atoms with Crippen LogP contribution in [0.25, 0.3) is 5.57 Å². The van der Waals surface area contributed by atoms with Crippen molar-refractivity contribution in [1.29, 1.82) is 5.41 Å². The molecule has 3 aliphatic rings. The lowest BCUT2D eigenvalue weighted by molar-refractivity contribution is 0.0482. The molecule has 26 heavy (non-hydrogen) atoms. The monoisotopic (exact) mass is 372 g/mol. The maximum Gasteiger partial charge on any atom is 0.263 e. The molecule has 3 fully saturated rings. The molecule has 0 aliphatic carbocycles. The number of fused-ring (bicyclic) bond motifs is 3. The number of carbonyl (C=O) groups is 1. The molecule has 2 N–H and O–H groups in total. The molecule has 140 valence electrons. The zero-order valence-corrected chi connectivity index (χ0v) is 16.7. The van der Waals surface area contributed by atoms with Gasteiger partial charge in [-0.15, -0.1) is 11.3 Å². The van der Waals surface area contributed by atoms with E-state index in [1.807, 2.05) is 19.9 Å². The van der Waals surface area contributed by atoms with E-state index in [2.05, 4.69) is 21.9 Å². The SMILES string of the molecule is C=Nc1cc(C(C(C)=N)=C(C)C)sc1C(=O)NCC1CC2CCN1CC2. The Bertz CT molecular complexity index is 752. The standard InChI is InChI=1S/C20H28N4OS/c1-12(2)18(13(3)21)17-10-16(22-4)19(26-17)20(25)23-11-15-9-14-5-7-24(15)8-6-14/h10,14-15,21H,4-9,11H2,1-3H3,(H,23,25). The number of piperidine rings is 3. The van der Waals surface area contributed by atoms with Gasteiger partial charge in [-0.3, -0.25) is 14.7 Å². The molecular formula is C20H28N4OS. The van der Waals surface area contributed by atoms with E-state index in [9.17, 15) is 4.79 Å². The highest BCUT2D eigenvalue weighted by atomic mass is 32.1. The van der Waals surface area contributed by atoms with Gasteiger partial charge in [0.1, 0.15) is 4.88 Å². The van der Waals surface area contributed by atoms with Crippen LogP contribution >= 0.6 is 11.3 Å². The number of hydrogen-bond acceptors (Lipinski definition) is 5. The van der Waals surface area contributed by atoms with Crippen LogP contribution in [0.1, 0.15) is 54.6 Å². The van der Waals surface area contributed by atoms with Crippen molar-refractivity contribution in [1.82, 2.24) is 10.2 Å². The number of carbonyl (C=O) groups excluding carboxylic acids is 1. The lowest BCUT2D eigenvalue weighted by Crippen LogP contribution is -2.53. The fourth-order valence-electron chi connectivity index (χ4n) is 4.18. The molecule has 1 amide bonds. The number of allylic oxidation sites excluding steroid dienone is 2. The Morgan fingerprint density at radius 2 is 2.08 bits per heavy atom. The minimum atomic E-state index is -0.0814. The van der Waals surface area contributed by atoms with Crippen LogP contribution in [0.5, 0.6) is 0 Å². The minimum Gasteiger partial charge on any atom is -0.350 e. The summed E-state index contributed by atoms with van der Waals surface area (Å²) in [6.45, 7) is 12.4. The van der Waals surface area contributed by atoms with Crippen molar-refractivity contribution in [2.24, 2.45) is 10.9 Å². The summed E-state index contributed by atoms with van der Waals surface area (Å²) in [5.74, 6) is 0.749. The Morgan fingerprint density at radius 1 is 1.38 bits per heavy atom. The van der Waals surface area contributed by atoms with Gasteiger partial charge in [0, 0.05) is 28.7 Å². The molecule has 1 aromatic rings. The topological polar surface area (TPSA) is 68.5 Å². The first kappa shape index (κ1) is 19.0. The van der Waals surface area contributed by atoms with Crippen molar-refractivity contribution < 1.29 is 4.79 Å². The largest absolute Gasteiger partial charge is 0.350 e. The molecule has 4 rings (SSSR count). The Hall–Kier alpha value is -1.79. The summed E-state index contributed by atoms with van der Waals surface area (Å²) in [6.07, 6.45) is 3.80. The van der Waals surface area contributed by atoms with Crippen LogP contribution < -0.4 is 5.32 Å². The van der Waals surface area contributed by atoms with Gasteiger partial charge in [0.05, 0.1) is 5.69 Å². The second-order valence-electron chi connectivity index (χ2n) is 7.56. The summed E-state index contributed by atoms with van der Waals surface area (Å²) in [5, 5.41) is 11.1. The Kier molecular flexibility index (Phi) is 5.73. The van der Waals surface area contributed by atoms with E-state index in [1.165, 1.54) is 30.6 Å². The van der Waals surface area contributed by atoms with Crippen molar-refractivity contribution in [2.75, 3.05) is 19.6 Å². The van der Waals surface area contributed by atoms with E-state index in [1.54, 1.807) is 6.92 Å². The van der Waals surface area contributed by atoms with Crippen LogP contribution in [-0.4, -0.2) is 48.9 Å². The maximum absolute atomic E-state index is 12.8. The first-order chi connectivity index (χ1) is 12.4. The molecule has 1 atom stereocenters. The van der Waals surface area contributed by atoms with E-state index in [4.69, 9.17) is 5.41 Å². The van der Waals surface area contributed by atoms with Crippen LogP contribution in [0, 0.1) is 11.3 Å². The van der Waals surface area contributed by atoms with Gasteiger partial charge in [-0.25, -0.2) is 0 Å². The van der Waals surface area contributed by atoms with Gasteiger partial charge in [0.2, 0.25) is 0 Å². The summed E-state index contributed by atoms with van der Waals surface area (Å²) in [4.78, 5) is 20.8. The number of amides is 1. The smallest absolute Gasteiger partial charge is 0.263 e. The van der Waals surface area contributed by atoms with Gasteiger partial charge in [-0.2, -0.15) is 0 Å². The molecule has 0 aromatic carbocycles. The Balaban J connectivity index is 1.74. The lowest BCUT2D eigenvalue weighted by Gasteiger charge is -2.45. The van der Waals surface area contributed by atoms with Gasteiger partial charge in [0.15, 0.2) is 0 Å². The molecule has 3 aliphatic heterocycles. The zero-order valence-electron chi connectivity index (χ0n) is 15.9. The van der Waals surface area contributed by atoms with E-state index in [0.29, 0.717) is 28.9 Å². The van der Waals surface area contributed by atoms with Crippen molar-refractivity contribution in [3.63, 3.8) is 0 Å². The van der Waals surface area contributed by atoms with Gasteiger partial charge < -0.3 is 10.7 Å². The average Bonchev–Trinajstić information content (AvgIpc) is 3.04. The van der Waals surface area contributed by atoms with Crippen LogP contribution in [0.4, 0.5) is 5.69 Å². The number of nitrogens with one attached hydrogen (secondary N) is 2. The fraction of sp³-hybridized carbons (Fsp3) is 0.550. The van der Waals surface area contributed by atoms with Crippen LogP contribution in [0.3, 0.4) is 0 Å². The quantitative estimate of drug-likeness (QED) is 0.737. The zero-order chi connectivity index (χ0) is 18.8. The van der Waals surface area contributed by atoms with Gasteiger partial charge in [0.25, 0.3) is 5.91 Å². The number of hydrogen-bond donors (Lipinski definition) is 2. The summed E-state index contributed by atoms with van der Waals surface area (Å²) in [6, 6.07) is 2.34. The molecule has 6 heteroatoms. The molecule has 5 nitrogen and oxygen atoms in total. The van der Waals surface area contributed by atoms with Crippen LogP contribution in [0.2, 0.25) is 0 Å². The summed E-state index contributed by atoms with van der Waals surface area (Å²) in [5.41, 5.74) is 3.05. The number of nitrogens with zero attached hydrogens (tertiary/aromatic N) is 2. The van der Waals surface area contributed by atoms with E-state index < -0.39 is 0 Å². The predicted molar refractivity (Wildman–Crippen MR) is 110 cm³/mol. The lowest BCUT2D eigenvalue weighted by atomic mass is 9.83. The minimum absolute atomic E-state index is 0.0814. The molecule has 2 bridgehead atoms. The van der Waals surface area contributed by atoms with E-state index in [0.717, 1.165) is 35.0 Å². The second-order valence-corrected chi connectivity index (χ2v) is 8.61. The summed E-state index contributed by atoms with van der Waals surface area (Å²) in [7, 11) is 0. The highest BCUT2D eigenvalue weighted by Crippen LogP contribution is 2.36. The number of rotatable bonds is 6. The molecule has 0 spiro atoms. The third kappa shape index (κ3) is 3.81. The summed E-state index contributed by atoms with van der Waals surface area (Å²) >= 11 is 1.40. The normalized spacial score (nSPS) is 24.2. The van der Waals surface area contributed by atoms with Gasteiger partial charge in [-0.05, 0) is 71.8 Å². The first-order valence-corrected chi connectivity index (χ1v) is 10.1. The average molecular weight is 373 g/mol. The highest BCUT2D eigenvalue weighted by molar-refractivity contribution is 7.16. The highest BCUT2D eigenvalue weighted by Gasteiger charge is 2.33. The molecule has 4 heterocycles. The third-order valence-corrected chi connectivity index (χ3v) is 6.62. The fourth-order valence-corrected chi connectivity index (χ4v) is 5.42. The summed E-state index contributed by atoms with van der Waals surface area (Å²) < 4.78 is 0. The third-order valence-electron chi connectivity index (χ3n) is 5.48. The first-order valence-electron chi connectivity index (χ1n) is 9.27. The number of thiophene rings is 1. The maximum atomic E-state index is 12.8. The van der Waals surface area contributed by atoms with Crippen LogP contribution in [0.15, 0.2) is 16.6 Å². The Labute approximate surface area is 159 Å². The molecule has 1 unspecified atom stereocenters. The molecule has 3 saturated heterocycles. The van der Waals surface area contributed by atoms with Crippen LogP contribution in [-0.2, 0) is 0 Å². The Morgan fingerprint density at radius 3 is 2.58 bits per heavy atom. The van der Waals surface area contributed by atoms with E-state index >= 15 is 0 Å². The van der Waals surface area contributed by atoms with Crippen molar-refractivity contribution in [3.8, 4) is 0 Å². The molecule has 0 saturated carbocycles. The van der Waals surface area contributed by atoms with Crippen molar-refractivity contribution in [2.45, 2.75) is 46.1 Å². The predicted octanol–water partition coefficient (Wildman–Crippen LogP) is 4.13.